The summed E-state index contributed by atoms with van der Waals surface area (Å²) in [5.74, 6) is -1.11. The minimum absolute atomic E-state index is 0.00643. The first kappa shape index (κ1) is 23.7. The number of hydrogen-bond donors (Lipinski definition) is 1. The number of imidazole rings is 1. The van der Waals surface area contributed by atoms with E-state index in [9.17, 15) is 22.8 Å². The fourth-order valence-electron chi connectivity index (χ4n) is 2.76. The van der Waals surface area contributed by atoms with Crippen molar-refractivity contribution in [2.24, 2.45) is 0 Å². The molecule has 0 saturated carbocycles. The molecule has 0 aliphatic rings. The monoisotopic (exact) mass is 482 g/mol. The Hall–Kier alpha value is -2.98. The number of carbonyl (C=O) groups excluding carboxylic acids is 2. The third kappa shape index (κ3) is 6.04. The van der Waals surface area contributed by atoms with E-state index in [-0.39, 0.29) is 17.3 Å². The number of alkyl halides is 3. The molecule has 0 aliphatic heterocycles. The molecule has 3 rings (SSSR count). The molecule has 0 radical (unpaired) electrons. The number of thioether (sulfide) groups is 1. The van der Waals surface area contributed by atoms with Crippen LogP contribution in [0.3, 0.4) is 0 Å². The van der Waals surface area contributed by atoms with Crippen LogP contribution in [0.5, 0.6) is 0 Å². The van der Waals surface area contributed by atoms with Crippen LogP contribution in [-0.4, -0.2) is 45.6 Å². The van der Waals surface area contributed by atoms with Gasteiger partial charge in [-0.25, -0.2) is 4.98 Å². The van der Waals surface area contributed by atoms with Gasteiger partial charge < -0.3 is 10.2 Å². The Morgan fingerprint density at radius 1 is 1.16 bits per heavy atom. The number of nitrogens with zero attached hydrogens (tertiary/aromatic N) is 3. The van der Waals surface area contributed by atoms with E-state index in [0.717, 1.165) is 22.7 Å². The number of carbonyl (C=O) groups is 2. The van der Waals surface area contributed by atoms with Crippen molar-refractivity contribution in [1.82, 2.24) is 14.5 Å². The number of para-hydroxylation sites is 1. The summed E-state index contributed by atoms with van der Waals surface area (Å²) in [4.78, 5) is 30.0. The number of amides is 2. The van der Waals surface area contributed by atoms with Gasteiger partial charge in [0.25, 0.3) is 0 Å². The topological polar surface area (TPSA) is 67.2 Å². The maximum absolute atomic E-state index is 13.1. The summed E-state index contributed by atoms with van der Waals surface area (Å²) in [6, 6.07) is 11.8. The van der Waals surface area contributed by atoms with Gasteiger partial charge in [0.15, 0.2) is 5.16 Å². The normalized spacial score (nSPS) is 11.3. The number of nitrogens with one attached hydrogen (secondary N) is 1. The Bertz CT molecular complexity index is 1100. The van der Waals surface area contributed by atoms with Crippen molar-refractivity contribution in [2.75, 3.05) is 24.7 Å². The second kappa shape index (κ2) is 10.1. The van der Waals surface area contributed by atoms with Crippen molar-refractivity contribution >= 4 is 40.9 Å². The number of benzene rings is 2. The van der Waals surface area contributed by atoms with E-state index >= 15 is 0 Å². The smallest absolute Gasteiger partial charge is 0.336 e. The fourth-order valence-corrected chi connectivity index (χ4v) is 3.80. The molecular formula is C21H18ClF3N4O2S. The molecule has 1 heterocycles. The number of rotatable bonds is 7. The van der Waals surface area contributed by atoms with Gasteiger partial charge in [-0.05, 0) is 36.4 Å². The van der Waals surface area contributed by atoms with Gasteiger partial charge in [0.2, 0.25) is 11.8 Å². The standard InChI is InChI=1S/C21H18ClF3N4O2S/c1-28(12-18(30)27-17-5-3-2-4-16(17)21(23,24)25)19(31)13-32-20-26-10-11-29(20)15-8-6-14(22)7-9-15/h2-11H,12-13H2,1H3,(H,27,30). The number of likely N-dealkylation sites (N-methyl/N-ethyl adjacent to an activating group) is 1. The first-order chi connectivity index (χ1) is 15.1. The first-order valence-corrected chi connectivity index (χ1v) is 10.6. The molecule has 0 saturated heterocycles. The third-order valence-corrected chi connectivity index (χ3v) is 5.55. The van der Waals surface area contributed by atoms with Gasteiger partial charge in [-0.2, -0.15) is 13.2 Å². The maximum Gasteiger partial charge on any atom is 0.418 e. The Kier molecular flexibility index (Phi) is 7.47. The zero-order valence-corrected chi connectivity index (χ0v) is 18.3. The van der Waals surface area contributed by atoms with Crippen LogP contribution >= 0.6 is 23.4 Å². The molecular weight excluding hydrogens is 465 g/mol. The van der Waals surface area contributed by atoms with Crippen LogP contribution in [0.1, 0.15) is 5.56 Å². The van der Waals surface area contributed by atoms with Crippen molar-refractivity contribution in [3.05, 3.63) is 71.5 Å². The Morgan fingerprint density at radius 2 is 1.84 bits per heavy atom. The summed E-state index contributed by atoms with van der Waals surface area (Å²) in [6.45, 7) is -0.392. The highest BCUT2D eigenvalue weighted by atomic mass is 35.5. The van der Waals surface area contributed by atoms with E-state index in [1.165, 1.54) is 30.9 Å². The minimum Gasteiger partial charge on any atom is -0.336 e. The molecule has 0 fully saturated rings. The van der Waals surface area contributed by atoms with E-state index < -0.39 is 24.2 Å². The van der Waals surface area contributed by atoms with Crippen LogP contribution in [-0.2, 0) is 15.8 Å². The zero-order chi connectivity index (χ0) is 23.3. The number of aromatic nitrogens is 2. The van der Waals surface area contributed by atoms with Crippen molar-refractivity contribution < 1.29 is 22.8 Å². The van der Waals surface area contributed by atoms with Gasteiger partial charge in [-0.15, -0.1) is 0 Å². The molecule has 1 aromatic heterocycles. The highest BCUT2D eigenvalue weighted by molar-refractivity contribution is 7.99. The van der Waals surface area contributed by atoms with E-state index in [2.05, 4.69) is 10.3 Å². The highest BCUT2D eigenvalue weighted by Crippen LogP contribution is 2.34. The van der Waals surface area contributed by atoms with Crippen molar-refractivity contribution in [2.45, 2.75) is 11.3 Å². The first-order valence-electron chi connectivity index (χ1n) is 9.27. The lowest BCUT2D eigenvalue weighted by Crippen LogP contribution is -2.36. The van der Waals surface area contributed by atoms with Crippen LogP contribution in [0, 0.1) is 0 Å². The van der Waals surface area contributed by atoms with Gasteiger partial charge >= 0.3 is 6.18 Å². The third-order valence-electron chi connectivity index (χ3n) is 4.35. The van der Waals surface area contributed by atoms with Gasteiger partial charge in [-0.3, -0.25) is 14.2 Å². The van der Waals surface area contributed by atoms with E-state index in [1.54, 1.807) is 29.1 Å². The average molecular weight is 483 g/mol. The minimum atomic E-state index is -4.60. The molecule has 0 spiro atoms. The molecule has 168 valence electrons. The van der Waals surface area contributed by atoms with Crippen LogP contribution in [0.15, 0.2) is 66.1 Å². The van der Waals surface area contributed by atoms with Crippen LogP contribution < -0.4 is 5.32 Å². The molecule has 6 nitrogen and oxygen atoms in total. The van der Waals surface area contributed by atoms with E-state index in [4.69, 9.17) is 11.6 Å². The van der Waals surface area contributed by atoms with E-state index in [1.807, 2.05) is 12.1 Å². The van der Waals surface area contributed by atoms with Gasteiger partial charge in [-0.1, -0.05) is 35.5 Å². The molecule has 2 amide bonds. The molecule has 1 N–H and O–H groups in total. The predicted octanol–water partition coefficient (Wildman–Crippen LogP) is 4.73. The SMILES string of the molecule is CN(CC(=O)Nc1ccccc1C(F)(F)F)C(=O)CSc1nccn1-c1ccc(Cl)cc1. The summed E-state index contributed by atoms with van der Waals surface area (Å²) < 4.78 is 41.0. The fraction of sp³-hybridized carbons (Fsp3) is 0.190. The molecule has 3 aromatic rings. The molecule has 0 unspecified atom stereocenters. The Balaban J connectivity index is 1.57. The van der Waals surface area contributed by atoms with Gasteiger partial charge in [0.05, 0.1) is 23.5 Å². The van der Waals surface area contributed by atoms with Crippen molar-refractivity contribution in [3.63, 3.8) is 0 Å². The molecule has 0 atom stereocenters. The van der Waals surface area contributed by atoms with Crippen molar-refractivity contribution in [3.8, 4) is 5.69 Å². The second-order valence-electron chi connectivity index (χ2n) is 6.69. The molecule has 2 aromatic carbocycles. The number of hydrogen-bond acceptors (Lipinski definition) is 4. The van der Waals surface area contributed by atoms with Gasteiger partial charge in [0.1, 0.15) is 0 Å². The lowest BCUT2D eigenvalue weighted by molar-refractivity contribution is -0.137. The van der Waals surface area contributed by atoms with Crippen molar-refractivity contribution in [1.29, 1.82) is 0 Å². The molecule has 0 aliphatic carbocycles. The second-order valence-corrected chi connectivity index (χ2v) is 8.07. The van der Waals surface area contributed by atoms with Crippen LogP contribution in [0.2, 0.25) is 5.02 Å². The van der Waals surface area contributed by atoms with Crippen LogP contribution in [0.25, 0.3) is 5.69 Å². The number of halogens is 4. The number of anilines is 1. The van der Waals surface area contributed by atoms with E-state index in [0.29, 0.717) is 10.2 Å². The summed E-state index contributed by atoms with van der Waals surface area (Å²) in [6.07, 6.45) is -1.27. The summed E-state index contributed by atoms with van der Waals surface area (Å²) in [5, 5.41) is 3.38. The lowest BCUT2D eigenvalue weighted by atomic mass is 10.1. The summed E-state index contributed by atoms with van der Waals surface area (Å²) in [5.41, 5.74) is -0.491. The zero-order valence-electron chi connectivity index (χ0n) is 16.8. The summed E-state index contributed by atoms with van der Waals surface area (Å²) >= 11 is 7.08. The highest BCUT2D eigenvalue weighted by Gasteiger charge is 2.33. The average Bonchev–Trinajstić information content (AvgIpc) is 3.20. The molecule has 32 heavy (non-hydrogen) atoms. The Morgan fingerprint density at radius 3 is 2.53 bits per heavy atom. The summed E-state index contributed by atoms with van der Waals surface area (Å²) in [7, 11) is 1.41. The van der Waals surface area contributed by atoms with Gasteiger partial charge in [0, 0.05) is 30.2 Å². The quantitative estimate of drug-likeness (QED) is 0.494. The largest absolute Gasteiger partial charge is 0.418 e. The Labute approximate surface area is 191 Å². The maximum atomic E-state index is 13.1. The lowest BCUT2D eigenvalue weighted by Gasteiger charge is -2.18. The molecule has 0 bridgehead atoms. The van der Waals surface area contributed by atoms with Crippen LogP contribution in [0.4, 0.5) is 18.9 Å². The molecule has 11 heteroatoms. The predicted molar refractivity (Wildman–Crippen MR) is 117 cm³/mol.